The molecule has 3 aromatic rings. The van der Waals surface area contributed by atoms with Gasteiger partial charge in [0.2, 0.25) is 10.1 Å². The van der Waals surface area contributed by atoms with Gasteiger partial charge in [0.1, 0.15) is 0 Å². The van der Waals surface area contributed by atoms with Crippen LogP contribution in [0.3, 0.4) is 0 Å². The first kappa shape index (κ1) is 15.9. The Morgan fingerprint density at radius 2 is 2.08 bits per heavy atom. The van der Waals surface area contributed by atoms with Crippen molar-refractivity contribution in [3.05, 3.63) is 45.9 Å². The molecule has 1 aromatic carbocycles. The minimum atomic E-state index is -0.151. The average Bonchev–Trinajstić information content (AvgIpc) is 2.90. The van der Waals surface area contributed by atoms with Crippen molar-refractivity contribution in [1.82, 2.24) is 14.6 Å². The van der Waals surface area contributed by atoms with Crippen LogP contribution < -0.4 is 20.3 Å². The Balaban J connectivity index is 1.53. The van der Waals surface area contributed by atoms with Crippen molar-refractivity contribution in [2.24, 2.45) is 0 Å². The van der Waals surface area contributed by atoms with Crippen LogP contribution in [-0.4, -0.2) is 27.8 Å². The number of nitrogens with one attached hydrogen (secondary N) is 1. The average molecular weight is 358 g/mol. The van der Waals surface area contributed by atoms with E-state index >= 15 is 0 Å². The summed E-state index contributed by atoms with van der Waals surface area (Å²) in [6.07, 6.45) is 1.61. The van der Waals surface area contributed by atoms with Crippen molar-refractivity contribution < 1.29 is 9.47 Å². The first-order valence-electron chi connectivity index (χ1n) is 8.25. The summed E-state index contributed by atoms with van der Waals surface area (Å²) in [5.41, 5.74) is 1.68. The van der Waals surface area contributed by atoms with Gasteiger partial charge in [-0.05, 0) is 24.1 Å². The van der Waals surface area contributed by atoms with Gasteiger partial charge in [0, 0.05) is 24.7 Å². The third kappa shape index (κ3) is 3.30. The fourth-order valence-electron chi connectivity index (χ4n) is 2.60. The number of aromatic nitrogens is 3. The van der Waals surface area contributed by atoms with E-state index in [1.165, 1.54) is 21.9 Å². The van der Waals surface area contributed by atoms with E-state index in [4.69, 9.17) is 9.47 Å². The van der Waals surface area contributed by atoms with Gasteiger partial charge >= 0.3 is 0 Å². The number of benzene rings is 1. The lowest BCUT2D eigenvalue weighted by Gasteiger charge is -2.09. The molecular formula is C17H18N4O3S. The fourth-order valence-corrected chi connectivity index (χ4v) is 3.42. The van der Waals surface area contributed by atoms with E-state index in [1.807, 2.05) is 25.1 Å². The molecule has 0 spiro atoms. The topological polar surface area (TPSA) is 77.8 Å². The van der Waals surface area contributed by atoms with E-state index in [1.54, 1.807) is 0 Å². The number of anilines is 1. The van der Waals surface area contributed by atoms with Gasteiger partial charge < -0.3 is 14.8 Å². The molecule has 0 radical (unpaired) electrons. The lowest BCUT2D eigenvalue weighted by molar-refractivity contribution is 0.297. The Hall–Kier alpha value is -2.61. The smallest absolute Gasteiger partial charge is 0.275 e. The summed E-state index contributed by atoms with van der Waals surface area (Å²) in [4.78, 5) is 17.1. The van der Waals surface area contributed by atoms with E-state index in [2.05, 4.69) is 15.4 Å². The highest BCUT2D eigenvalue weighted by Gasteiger charge is 2.12. The molecule has 1 N–H and O–H groups in total. The monoisotopic (exact) mass is 358 g/mol. The lowest BCUT2D eigenvalue weighted by Crippen LogP contribution is -2.15. The molecule has 25 heavy (non-hydrogen) atoms. The molecule has 7 nitrogen and oxygen atoms in total. The van der Waals surface area contributed by atoms with Gasteiger partial charge in [-0.15, -0.1) is 5.10 Å². The summed E-state index contributed by atoms with van der Waals surface area (Å²) in [6, 6.07) is 7.42. The van der Waals surface area contributed by atoms with Crippen LogP contribution in [0.5, 0.6) is 11.5 Å². The van der Waals surface area contributed by atoms with Gasteiger partial charge in [-0.25, -0.2) is 4.98 Å². The van der Waals surface area contributed by atoms with Crippen LogP contribution >= 0.6 is 11.3 Å². The second kappa shape index (κ2) is 6.72. The Morgan fingerprint density at radius 3 is 2.92 bits per heavy atom. The number of ether oxygens (including phenoxy) is 2. The van der Waals surface area contributed by atoms with Crippen molar-refractivity contribution in [2.45, 2.75) is 26.3 Å². The summed E-state index contributed by atoms with van der Waals surface area (Å²) in [5.74, 6) is 1.55. The molecule has 130 valence electrons. The molecule has 1 aliphatic rings. The van der Waals surface area contributed by atoms with Crippen molar-refractivity contribution in [2.75, 3.05) is 18.5 Å². The van der Waals surface area contributed by atoms with E-state index in [0.717, 1.165) is 35.6 Å². The third-order valence-electron chi connectivity index (χ3n) is 3.92. The number of nitrogens with zero attached hydrogens (tertiary/aromatic N) is 3. The number of hydrogen-bond donors (Lipinski definition) is 1. The van der Waals surface area contributed by atoms with Gasteiger partial charge in [-0.2, -0.15) is 4.52 Å². The summed E-state index contributed by atoms with van der Waals surface area (Å²) >= 11 is 1.37. The second-order valence-corrected chi connectivity index (χ2v) is 6.68. The number of aryl methyl sites for hydroxylation is 1. The zero-order chi connectivity index (χ0) is 17.2. The number of fused-ring (bicyclic) bond motifs is 2. The Labute approximate surface area is 148 Å². The summed E-state index contributed by atoms with van der Waals surface area (Å²) in [5, 5.41) is 8.20. The van der Waals surface area contributed by atoms with E-state index in [9.17, 15) is 4.79 Å². The van der Waals surface area contributed by atoms with Crippen LogP contribution in [0.4, 0.5) is 5.13 Å². The molecule has 1 aliphatic heterocycles. The number of rotatable bonds is 4. The minimum absolute atomic E-state index is 0.151. The quantitative estimate of drug-likeness (QED) is 0.772. The van der Waals surface area contributed by atoms with Gasteiger partial charge in [0.25, 0.3) is 5.56 Å². The van der Waals surface area contributed by atoms with Crippen LogP contribution in [0.25, 0.3) is 4.96 Å². The molecule has 0 atom stereocenters. The first-order chi connectivity index (χ1) is 12.2. The lowest BCUT2D eigenvalue weighted by atomic mass is 10.2. The standard InChI is InChI=1S/C17H18N4O3S/c1-2-12-9-15(22)21-17(19-12)25-16(20-21)18-10-11-4-5-13-14(8-11)24-7-3-6-23-13/h4-5,8-9H,2-3,6-7,10H2,1H3,(H,18,20). The maximum atomic E-state index is 12.0. The SMILES string of the molecule is CCc1cc(=O)n2nc(NCc3ccc4c(c3)OCCCO4)sc2n1. The zero-order valence-electron chi connectivity index (χ0n) is 13.8. The van der Waals surface area contributed by atoms with Gasteiger partial charge in [0.05, 0.1) is 13.2 Å². The van der Waals surface area contributed by atoms with Gasteiger partial charge in [-0.3, -0.25) is 4.79 Å². The fraction of sp³-hybridized carbons (Fsp3) is 0.353. The highest BCUT2D eigenvalue weighted by atomic mass is 32.1. The highest BCUT2D eigenvalue weighted by molar-refractivity contribution is 7.20. The maximum Gasteiger partial charge on any atom is 0.275 e. The highest BCUT2D eigenvalue weighted by Crippen LogP contribution is 2.30. The molecule has 0 fully saturated rings. The van der Waals surface area contributed by atoms with Crippen molar-refractivity contribution in [1.29, 1.82) is 0 Å². The first-order valence-corrected chi connectivity index (χ1v) is 9.07. The van der Waals surface area contributed by atoms with Gasteiger partial charge in [-0.1, -0.05) is 24.3 Å². The van der Waals surface area contributed by atoms with Crippen LogP contribution in [0.15, 0.2) is 29.1 Å². The van der Waals surface area contributed by atoms with Crippen LogP contribution in [-0.2, 0) is 13.0 Å². The molecule has 0 unspecified atom stereocenters. The molecule has 0 saturated heterocycles. The summed E-state index contributed by atoms with van der Waals surface area (Å²) in [6.45, 7) is 3.89. The molecule has 8 heteroatoms. The Bertz CT molecular complexity index is 966. The molecule has 4 rings (SSSR count). The van der Waals surface area contributed by atoms with Crippen molar-refractivity contribution in [3.8, 4) is 11.5 Å². The molecule has 2 aromatic heterocycles. The van der Waals surface area contributed by atoms with Crippen LogP contribution in [0, 0.1) is 0 Å². The number of hydrogen-bond acceptors (Lipinski definition) is 7. The third-order valence-corrected chi connectivity index (χ3v) is 4.78. The predicted molar refractivity (Wildman–Crippen MR) is 95.9 cm³/mol. The molecule has 0 bridgehead atoms. The van der Waals surface area contributed by atoms with E-state index < -0.39 is 0 Å². The molecule has 0 amide bonds. The van der Waals surface area contributed by atoms with Crippen LogP contribution in [0.2, 0.25) is 0 Å². The molecule has 3 heterocycles. The van der Waals surface area contributed by atoms with Crippen LogP contribution in [0.1, 0.15) is 24.6 Å². The summed E-state index contributed by atoms with van der Waals surface area (Å²) < 4.78 is 12.7. The second-order valence-electron chi connectivity index (χ2n) is 5.73. The Kier molecular flexibility index (Phi) is 4.27. The van der Waals surface area contributed by atoms with E-state index in [-0.39, 0.29) is 5.56 Å². The predicted octanol–water partition coefficient (Wildman–Crippen LogP) is 2.49. The summed E-state index contributed by atoms with van der Waals surface area (Å²) in [7, 11) is 0. The minimum Gasteiger partial charge on any atom is -0.490 e. The molecule has 0 saturated carbocycles. The maximum absolute atomic E-state index is 12.0. The largest absolute Gasteiger partial charge is 0.490 e. The molecular weight excluding hydrogens is 340 g/mol. The normalized spacial score (nSPS) is 13.6. The van der Waals surface area contributed by atoms with E-state index in [0.29, 0.717) is 29.9 Å². The van der Waals surface area contributed by atoms with Crippen molar-refractivity contribution in [3.63, 3.8) is 0 Å². The van der Waals surface area contributed by atoms with Crippen molar-refractivity contribution >= 4 is 21.4 Å². The Morgan fingerprint density at radius 1 is 1.24 bits per heavy atom. The molecule has 0 aliphatic carbocycles. The van der Waals surface area contributed by atoms with Gasteiger partial charge in [0.15, 0.2) is 11.5 Å². The zero-order valence-corrected chi connectivity index (χ0v) is 14.6.